The van der Waals surface area contributed by atoms with Crippen LogP contribution in [0.15, 0.2) is 180 Å². The van der Waals surface area contributed by atoms with Gasteiger partial charge in [-0.15, -0.1) is 11.3 Å². The zero-order valence-corrected chi connectivity index (χ0v) is 29.2. The normalized spacial score (nSPS) is 13.6. The van der Waals surface area contributed by atoms with Gasteiger partial charge >= 0.3 is 0 Å². The summed E-state index contributed by atoms with van der Waals surface area (Å²) in [7, 11) is 0. The Kier molecular flexibility index (Phi) is 5.86. The molecule has 8 aromatic carbocycles. The third kappa shape index (κ3) is 3.83. The van der Waals surface area contributed by atoms with E-state index in [-0.39, 0.29) is 0 Å². The molecule has 1 aliphatic heterocycles. The van der Waals surface area contributed by atoms with E-state index < -0.39 is 5.41 Å². The summed E-state index contributed by atoms with van der Waals surface area (Å²) in [6.45, 7) is 0. The van der Waals surface area contributed by atoms with Crippen LogP contribution in [0.3, 0.4) is 0 Å². The number of anilines is 3. The summed E-state index contributed by atoms with van der Waals surface area (Å²) in [5, 5.41) is 4.72. The molecule has 0 atom stereocenters. The third-order valence-electron chi connectivity index (χ3n) is 11.3. The first-order valence-electron chi connectivity index (χ1n) is 18.0. The minimum absolute atomic E-state index is 0.501. The van der Waals surface area contributed by atoms with E-state index in [1.807, 2.05) is 17.4 Å². The molecule has 4 heteroatoms. The van der Waals surface area contributed by atoms with E-state index in [4.69, 9.17) is 9.15 Å². The maximum atomic E-state index is 6.60. The smallest absolute Gasteiger partial charge is 0.137 e. The Morgan fingerprint density at radius 1 is 0.434 bits per heavy atom. The molecule has 248 valence electrons. The van der Waals surface area contributed by atoms with Gasteiger partial charge in [-0.05, 0) is 89.0 Å². The highest BCUT2D eigenvalue weighted by Crippen LogP contribution is 2.63. The van der Waals surface area contributed by atoms with Crippen LogP contribution in [0.4, 0.5) is 17.1 Å². The molecule has 2 aromatic heterocycles. The number of para-hydroxylation sites is 4. The van der Waals surface area contributed by atoms with E-state index in [0.717, 1.165) is 50.5 Å². The van der Waals surface area contributed by atoms with Crippen LogP contribution >= 0.6 is 11.3 Å². The first-order chi connectivity index (χ1) is 26.3. The van der Waals surface area contributed by atoms with Gasteiger partial charge in [0.25, 0.3) is 0 Å². The Hall–Kier alpha value is -6.62. The van der Waals surface area contributed by atoms with Crippen molar-refractivity contribution in [2.45, 2.75) is 5.41 Å². The summed E-state index contributed by atoms with van der Waals surface area (Å²) < 4.78 is 15.5. The summed E-state index contributed by atoms with van der Waals surface area (Å²) in [4.78, 5) is 2.42. The monoisotopic (exact) mass is 695 g/mol. The molecule has 0 unspecified atom stereocenters. The van der Waals surface area contributed by atoms with Crippen molar-refractivity contribution < 1.29 is 9.15 Å². The average molecular weight is 696 g/mol. The summed E-state index contributed by atoms with van der Waals surface area (Å²) in [5.74, 6) is 1.82. The van der Waals surface area contributed by atoms with Crippen LogP contribution in [0.2, 0.25) is 0 Å². The number of hydrogen-bond acceptors (Lipinski definition) is 4. The lowest BCUT2D eigenvalue weighted by molar-refractivity contribution is 0.436. The second-order valence-electron chi connectivity index (χ2n) is 14.0. The molecule has 0 amide bonds. The van der Waals surface area contributed by atoms with Crippen molar-refractivity contribution in [1.82, 2.24) is 0 Å². The van der Waals surface area contributed by atoms with E-state index in [9.17, 15) is 0 Å². The van der Waals surface area contributed by atoms with Gasteiger partial charge in [0.2, 0.25) is 0 Å². The number of thiophene rings is 1. The molecular weight excluding hydrogens is 667 g/mol. The largest absolute Gasteiger partial charge is 0.457 e. The van der Waals surface area contributed by atoms with Gasteiger partial charge in [0.15, 0.2) is 0 Å². The Morgan fingerprint density at radius 2 is 1.08 bits per heavy atom. The minimum atomic E-state index is -0.501. The Bertz CT molecular complexity index is 3070. The van der Waals surface area contributed by atoms with Gasteiger partial charge in [0, 0.05) is 42.4 Å². The van der Waals surface area contributed by atoms with E-state index in [1.165, 1.54) is 53.6 Å². The fraction of sp³-hybridized carbons (Fsp3) is 0.0204. The molecule has 3 nitrogen and oxygen atoms in total. The fourth-order valence-electron chi connectivity index (χ4n) is 9.26. The van der Waals surface area contributed by atoms with Crippen molar-refractivity contribution in [2.24, 2.45) is 0 Å². The van der Waals surface area contributed by atoms with Gasteiger partial charge in [-0.3, -0.25) is 0 Å². The average Bonchev–Trinajstić information content (AvgIpc) is 3.87. The highest BCUT2D eigenvalue weighted by molar-refractivity contribution is 7.26. The van der Waals surface area contributed by atoms with Gasteiger partial charge < -0.3 is 14.1 Å². The molecule has 53 heavy (non-hydrogen) atoms. The number of rotatable bonds is 3. The van der Waals surface area contributed by atoms with Gasteiger partial charge in [-0.25, -0.2) is 0 Å². The highest BCUT2D eigenvalue weighted by Gasteiger charge is 2.51. The zero-order valence-electron chi connectivity index (χ0n) is 28.4. The van der Waals surface area contributed by atoms with Crippen LogP contribution in [0, 0.1) is 0 Å². The predicted octanol–water partition coefficient (Wildman–Crippen LogP) is 13.9. The Morgan fingerprint density at radius 3 is 1.89 bits per heavy atom. The molecule has 2 aliphatic rings. The first-order valence-corrected chi connectivity index (χ1v) is 18.8. The molecule has 1 spiro atoms. The minimum Gasteiger partial charge on any atom is -0.457 e. The first kappa shape index (κ1) is 29.0. The number of nitrogens with zero attached hydrogens (tertiary/aromatic N) is 1. The molecule has 0 saturated carbocycles. The van der Waals surface area contributed by atoms with Gasteiger partial charge in [-0.1, -0.05) is 109 Å². The molecule has 0 N–H and O–H groups in total. The van der Waals surface area contributed by atoms with Gasteiger partial charge in [-0.2, -0.15) is 0 Å². The molecular formula is C49H29NO2S. The summed E-state index contributed by atoms with van der Waals surface area (Å²) in [6, 6.07) is 63.3. The summed E-state index contributed by atoms with van der Waals surface area (Å²) in [5.41, 5.74) is 12.1. The molecule has 0 radical (unpaired) electrons. The van der Waals surface area contributed by atoms with Crippen molar-refractivity contribution in [3.05, 3.63) is 198 Å². The maximum Gasteiger partial charge on any atom is 0.137 e. The molecule has 0 saturated heterocycles. The van der Waals surface area contributed by atoms with Gasteiger partial charge in [0.1, 0.15) is 22.7 Å². The van der Waals surface area contributed by atoms with Crippen LogP contribution < -0.4 is 9.64 Å². The van der Waals surface area contributed by atoms with Crippen LogP contribution in [0.5, 0.6) is 11.5 Å². The summed E-state index contributed by atoms with van der Waals surface area (Å²) in [6.07, 6.45) is 0. The molecule has 3 heterocycles. The van der Waals surface area contributed by atoms with Gasteiger partial charge in [0.05, 0.1) is 22.2 Å². The lowest BCUT2D eigenvalue weighted by atomic mass is 9.66. The highest BCUT2D eigenvalue weighted by atomic mass is 32.1. The lowest BCUT2D eigenvalue weighted by Gasteiger charge is -2.39. The van der Waals surface area contributed by atoms with E-state index in [2.05, 4.69) is 175 Å². The number of ether oxygens (including phenoxy) is 1. The zero-order chi connectivity index (χ0) is 34.7. The number of fused-ring (bicyclic) bond motifs is 15. The summed E-state index contributed by atoms with van der Waals surface area (Å²) >= 11 is 1.87. The number of furan rings is 1. The molecule has 0 fully saturated rings. The molecule has 1 aliphatic carbocycles. The van der Waals surface area contributed by atoms with Crippen molar-refractivity contribution in [3.63, 3.8) is 0 Å². The van der Waals surface area contributed by atoms with Crippen molar-refractivity contribution in [2.75, 3.05) is 4.90 Å². The molecule has 10 aromatic rings. The second kappa shape index (κ2) is 10.7. The Balaban J connectivity index is 1.18. The number of benzene rings is 8. The third-order valence-corrected chi connectivity index (χ3v) is 12.4. The molecule has 12 rings (SSSR count). The second-order valence-corrected chi connectivity index (χ2v) is 15.0. The maximum absolute atomic E-state index is 6.60. The van der Waals surface area contributed by atoms with Crippen LogP contribution in [-0.2, 0) is 5.41 Å². The van der Waals surface area contributed by atoms with Crippen molar-refractivity contribution >= 4 is 70.5 Å². The Labute approximate surface area is 309 Å². The quantitative estimate of drug-likeness (QED) is 0.184. The van der Waals surface area contributed by atoms with E-state index in [0.29, 0.717) is 0 Å². The fourth-order valence-corrected chi connectivity index (χ4v) is 10.4. The standard InChI is InChI=1S/C49H29NO2S/c1-2-14-30(15-3-1)50(39-21-12-26-44-47(39)32-17-5-9-23-41(32)51-44)40-22-13-27-45-48(40)34-28-33-31-16-4-6-18-35(31)49(38(33)29-46(34)53-45)36-19-7-10-24-42(36)52-43-25-11-8-20-37(43)49/h1-29H. The van der Waals surface area contributed by atoms with Crippen LogP contribution in [0.1, 0.15) is 22.3 Å². The molecule has 0 bridgehead atoms. The topological polar surface area (TPSA) is 25.6 Å². The number of hydrogen-bond donors (Lipinski definition) is 0. The van der Waals surface area contributed by atoms with Crippen molar-refractivity contribution in [3.8, 4) is 22.6 Å². The van der Waals surface area contributed by atoms with Crippen LogP contribution in [-0.4, -0.2) is 0 Å². The van der Waals surface area contributed by atoms with E-state index >= 15 is 0 Å². The van der Waals surface area contributed by atoms with Crippen LogP contribution in [0.25, 0.3) is 53.2 Å². The lowest BCUT2D eigenvalue weighted by Crippen LogP contribution is -2.32. The predicted molar refractivity (Wildman–Crippen MR) is 219 cm³/mol. The van der Waals surface area contributed by atoms with E-state index in [1.54, 1.807) is 0 Å². The van der Waals surface area contributed by atoms with Crippen molar-refractivity contribution in [1.29, 1.82) is 0 Å². The SMILES string of the molecule is c1ccc(N(c2cccc3oc4ccccc4c23)c2cccc3sc4cc5c(cc4c23)-c2ccccc2C52c3ccccc3Oc3ccccc32)cc1.